The van der Waals surface area contributed by atoms with E-state index >= 15 is 0 Å². The molecule has 3 rings (SSSR count). The maximum absolute atomic E-state index is 12.3. The molecule has 3 N–H and O–H groups in total. The van der Waals surface area contributed by atoms with Gasteiger partial charge >= 0.3 is 0 Å². The van der Waals surface area contributed by atoms with Gasteiger partial charge < -0.3 is 20.9 Å². The van der Waals surface area contributed by atoms with Crippen LogP contribution in [0.4, 0.5) is 0 Å². The molecule has 2 amide bonds. The van der Waals surface area contributed by atoms with E-state index in [4.69, 9.17) is 0 Å². The Morgan fingerprint density at radius 3 is 1.47 bits per heavy atom. The van der Waals surface area contributed by atoms with Gasteiger partial charge in [0, 0.05) is 30.2 Å². The van der Waals surface area contributed by atoms with Crippen LogP contribution < -0.4 is 16.0 Å². The number of hydrogen-bond acceptors (Lipinski definition) is 6. The Balaban J connectivity index is 0.000000254. The Morgan fingerprint density at radius 1 is 0.750 bits per heavy atom. The second-order valence-corrected chi connectivity index (χ2v) is 13.3. The minimum absolute atomic E-state index is 0.00217. The lowest BCUT2D eigenvalue weighted by Gasteiger charge is -2.33. The van der Waals surface area contributed by atoms with Gasteiger partial charge in [0.1, 0.15) is 0 Å². The van der Waals surface area contributed by atoms with Gasteiger partial charge in [0.05, 0.1) is 12.1 Å². The van der Waals surface area contributed by atoms with Crippen molar-refractivity contribution in [3.63, 3.8) is 0 Å². The standard InChI is InChI=1S/C14H24N2O2.C14H26N2O2/c1-14(2,3)15-11(9-10-5-6-10)12(17)13(18)16-7-4-8-16;1-9(2)15-13(18)12(17)11(8-10-6-7-10)16-14(3,4)5/h10-11,15H,4-9H2,1-3H3;9-11,16H,6-8H2,1-5H3,(H,15,18)/t2*11-/m00/s1. The van der Waals surface area contributed by atoms with Gasteiger partial charge in [-0.2, -0.15) is 0 Å². The van der Waals surface area contributed by atoms with E-state index < -0.39 is 5.91 Å². The smallest absolute Gasteiger partial charge is 0.291 e. The highest BCUT2D eigenvalue weighted by Gasteiger charge is 2.37. The summed E-state index contributed by atoms with van der Waals surface area (Å²) in [5.74, 6) is -0.0725. The Labute approximate surface area is 218 Å². The molecule has 1 aliphatic heterocycles. The highest BCUT2D eigenvalue weighted by Crippen LogP contribution is 2.35. The molecule has 3 fully saturated rings. The van der Waals surface area contributed by atoms with Gasteiger partial charge in [-0.3, -0.25) is 19.2 Å². The maximum atomic E-state index is 12.3. The van der Waals surface area contributed by atoms with E-state index in [2.05, 4.69) is 16.0 Å². The van der Waals surface area contributed by atoms with Gasteiger partial charge in [0.2, 0.25) is 11.6 Å². The molecule has 2 aliphatic carbocycles. The summed E-state index contributed by atoms with van der Waals surface area (Å²) in [6.45, 7) is 17.4. The molecule has 8 heteroatoms. The van der Waals surface area contributed by atoms with E-state index in [1.165, 1.54) is 25.7 Å². The molecule has 8 nitrogen and oxygen atoms in total. The third kappa shape index (κ3) is 11.5. The normalized spacial score (nSPS) is 19.5. The number of likely N-dealkylation sites (tertiary alicyclic amines) is 1. The lowest BCUT2D eigenvalue weighted by molar-refractivity contribution is -0.148. The number of carbonyl (C=O) groups is 4. The fourth-order valence-electron chi connectivity index (χ4n) is 4.20. The van der Waals surface area contributed by atoms with Crippen LogP contribution in [0.1, 0.15) is 100 Å². The molecule has 0 unspecified atom stereocenters. The number of nitrogens with one attached hydrogen (secondary N) is 3. The van der Waals surface area contributed by atoms with Gasteiger partial charge in [-0.15, -0.1) is 0 Å². The molecule has 3 aliphatic rings. The largest absolute Gasteiger partial charge is 0.347 e. The first-order chi connectivity index (χ1) is 16.6. The molecule has 0 aromatic rings. The van der Waals surface area contributed by atoms with Crippen LogP contribution in [-0.4, -0.2) is 70.6 Å². The average Bonchev–Trinajstić information content (AvgIpc) is 3.58. The van der Waals surface area contributed by atoms with Crippen molar-refractivity contribution in [2.75, 3.05) is 13.1 Å². The summed E-state index contributed by atoms with van der Waals surface area (Å²) in [5.41, 5.74) is -0.294. The summed E-state index contributed by atoms with van der Waals surface area (Å²) < 4.78 is 0. The number of nitrogens with zero attached hydrogens (tertiary/aromatic N) is 1. The Kier molecular flexibility index (Phi) is 10.7. The summed E-state index contributed by atoms with van der Waals surface area (Å²) in [6.07, 6.45) is 7.39. The Morgan fingerprint density at radius 2 is 1.17 bits per heavy atom. The fourth-order valence-corrected chi connectivity index (χ4v) is 4.20. The van der Waals surface area contributed by atoms with Crippen LogP contribution in [-0.2, 0) is 19.2 Å². The van der Waals surface area contributed by atoms with Crippen molar-refractivity contribution in [1.82, 2.24) is 20.9 Å². The van der Waals surface area contributed by atoms with E-state index in [0.29, 0.717) is 11.8 Å². The van der Waals surface area contributed by atoms with E-state index in [9.17, 15) is 19.2 Å². The van der Waals surface area contributed by atoms with Crippen molar-refractivity contribution in [3.8, 4) is 0 Å². The van der Waals surface area contributed by atoms with Gasteiger partial charge in [-0.25, -0.2) is 0 Å². The van der Waals surface area contributed by atoms with Crippen molar-refractivity contribution in [2.45, 2.75) is 130 Å². The number of amides is 2. The molecule has 0 bridgehead atoms. The zero-order valence-corrected chi connectivity index (χ0v) is 23.8. The first-order valence-corrected chi connectivity index (χ1v) is 13.8. The van der Waals surface area contributed by atoms with Crippen LogP contribution in [0.25, 0.3) is 0 Å². The minimum Gasteiger partial charge on any atom is -0.347 e. The lowest BCUT2D eigenvalue weighted by atomic mass is 9.99. The van der Waals surface area contributed by atoms with Crippen molar-refractivity contribution >= 4 is 23.4 Å². The summed E-state index contributed by atoms with van der Waals surface area (Å²) >= 11 is 0. The Bertz CT molecular complexity index is 784. The molecule has 0 aromatic carbocycles. The van der Waals surface area contributed by atoms with Crippen LogP contribution in [0, 0.1) is 11.8 Å². The minimum atomic E-state index is -0.465. The molecular formula is C28H50N4O4. The number of Topliss-reactive ketones (excluding diaryl/α,β-unsaturated/α-hetero) is 2. The lowest BCUT2D eigenvalue weighted by Crippen LogP contribution is -2.55. The third-order valence-electron chi connectivity index (χ3n) is 6.38. The monoisotopic (exact) mass is 506 g/mol. The van der Waals surface area contributed by atoms with Crippen LogP contribution in [0.5, 0.6) is 0 Å². The molecule has 1 saturated heterocycles. The van der Waals surface area contributed by atoms with E-state index in [1.807, 2.05) is 55.4 Å². The van der Waals surface area contributed by atoms with Gasteiger partial charge in [-0.05, 0) is 86.5 Å². The number of hydrogen-bond donors (Lipinski definition) is 3. The van der Waals surface area contributed by atoms with Crippen molar-refractivity contribution < 1.29 is 19.2 Å². The van der Waals surface area contributed by atoms with Crippen LogP contribution in [0.3, 0.4) is 0 Å². The molecule has 2 saturated carbocycles. The highest BCUT2D eigenvalue weighted by molar-refractivity contribution is 6.38. The van der Waals surface area contributed by atoms with Crippen LogP contribution >= 0.6 is 0 Å². The average molecular weight is 507 g/mol. The second-order valence-electron chi connectivity index (χ2n) is 13.3. The molecule has 0 aromatic heterocycles. The van der Waals surface area contributed by atoms with Gasteiger partial charge in [0.25, 0.3) is 11.8 Å². The SMILES string of the molecule is CC(C)(C)N[C@@H](CC1CC1)C(=O)C(=O)N1CCC1.CC(C)NC(=O)C(=O)[C@H](CC1CC1)NC(C)(C)C. The highest BCUT2D eigenvalue weighted by atomic mass is 16.2. The predicted molar refractivity (Wildman–Crippen MR) is 143 cm³/mol. The number of rotatable bonds is 11. The van der Waals surface area contributed by atoms with Crippen LogP contribution in [0.15, 0.2) is 0 Å². The fraction of sp³-hybridized carbons (Fsp3) is 0.857. The topological polar surface area (TPSA) is 108 Å². The first-order valence-electron chi connectivity index (χ1n) is 13.8. The van der Waals surface area contributed by atoms with Crippen molar-refractivity contribution in [1.29, 1.82) is 0 Å². The van der Waals surface area contributed by atoms with Crippen molar-refractivity contribution in [3.05, 3.63) is 0 Å². The summed E-state index contributed by atoms with van der Waals surface area (Å²) in [4.78, 5) is 49.8. The number of carbonyl (C=O) groups excluding carboxylic acids is 4. The maximum Gasteiger partial charge on any atom is 0.291 e. The van der Waals surface area contributed by atoms with E-state index in [1.54, 1.807) is 4.90 Å². The molecular weight excluding hydrogens is 456 g/mol. The van der Waals surface area contributed by atoms with Crippen LogP contribution in [0.2, 0.25) is 0 Å². The summed E-state index contributed by atoms with van der Waals surface area (Å²) in [6, 6.07) is -0.653. The zero-order chi connectivity index (χ0) is 27.3. The van der Waals surface area contributed by atoms with E-state index in [-0.39, 0.29) is 46.7 Å². The van der Waals surface area contributed by atoms with E-state index in [0.717, 1.165) is 32.4 Å². The summed E-state index contributed by atoms with van der Waals surface area (Å²) in [5, 5.41) is 9.26. The predicted octanol–water partition coefficient (Wildman–Crippen LogP) is 2.98. The Hall–Kier alpha value is -1.80. The molecule has 2 atom stereocenters. The van der Waals surface area contributed by atoms with Gasteiger partial charge in [-0.1, -0.05) is 25.7 Å². The molecule has 36 heavy (non-hydrogen) atoms. The molecule has 0 radical (unpaired) electrons. The molecule has 206 valence electrons. The zero-order valence-electron chi connectivity index (χ0n) is 23.8. The number of ketones is 2. The molecule has 1 heterocycles. The van der Waals surface area contributed by atoms with Crippen molar-refractivity contribution in [2.24, 2.45) is 11.8 Å². The third-order valence-corrected chi connectivity index (χ3v) is 6.38. The second kappa shape index (κ2) is 12.6. The first kappa shape index (κ1) is 30.4. The quantitative estimate of drug-likeness (QED) is 0.372. The summed E-state index contributed by atoms with van der Waals surface area (Å²) in [7, 11) is 0. The molecule has 0 spiro atoms. The van der Waals surface area contributed by atoms with Gasteiger partial charge in [0.15, 0.2) is 0 Å².